The first kappa shape index (κ1) is 13.0. The molecule has 0 spiro atoms. The molecule has 0 saturated heterocycles. The van der Waals surface area contributed by atoms with Crippen molar-refractivity contribution >= 4 is 22.6 Å². The highest BCUT2D eigenvalue weighted by molar-refractivity contribution is 6.32. The number of fused-ring (bicyclic) bond motifs is 1. The molecule has 5 heteroatoms. The predicted octanol–water partition coefficient (Wildman–Crippen LogP) is 2.87. The third-order valence-corrected chi connectivity index (χ3v) is 3.70. The number of aromatic nitrogens is 2. The number of hydrogen-bond donors (Lipinski definition) is 3. The molecule has 1 unspecified atom stereocenters. The highest BCUT2D eigenvalue weighted by Crippen LogP contribution is 2.29. The van der Waals surface area contributed by atoms with Crippen molar-refractivity contribution in [1.29, 1.82) is 0 Å². The van der Waals surface area contributed by atoms with E-state index in [1.165, 1.54) is 0 Å². The van der Waals surface area contributed by atoms with Gasteiger partial charge in [0.05, 0.1) is 17.1 Å². The molecule has 0 radical (unpaired) electrons. The van der Waals surface area contributed by atoms with E-state index in [0.717, 1.165) is 16.7 Å². The average Bonchev–Trinajstić information content (AvgIpc) is 2.76. The van der Waals surface area contributed by atoms with Crippen LogP contribution < -0.4 is 11.4 Å². The van der Waals surface area contributed by atoms with Gasteiger partial charge in [-0.15, -0.1) is 0 Å². The van der Waals surface area contributed by atoms with Crippen molar-refractivity contribution in [2.45, 2.75) is 13.0 Å². The van der Waals surface area contributed by atoms with Crippen molar-refractivity contribution in [2.75, 3.05) is 0 Å². The van der Waals surface area contributed by atoms with Gasteiger partial charge in [-0.25, -0.2) is 4.79 Å². The summed E-state index contributed by atoms with van der Waals surface area (Å²) < 4.78 is 0. The first-order valence-electron chi connectivity index (χ1n) is 6.28. The highest BCUT2D eigenvalue weighted by atomic mass is 35.5. The topological polar surface area (TPSA) is 74.7 Å². The van der Waals surface area contributed by atoms with Gasteiger partial charge >= 0.3 is 5.69 Å². The monoisotopic (exact) mass is 287 g/mol. The summed E-state index contributed by atoms with van der Waals surface area (Å²) in [5, 5.41) is 0.543. The molecule has 2 aromatic carbocycles. The Morgan fingerprint density at radius 1 is 1.15 bits per heavy atom. The molecule has 0 aliphatic heterocycles. The summed E-state index contributed by atoms with van der Waals surface area (Å²) in [5.41, 5.74) is 10.4. The van der Waals surface area contributed by atoms with Crippen molar-refractivity contribution in [3.05, 3.63) is 68.6 Å². The summed E-state index contributed by atoms with van der Waals surface area (Å²) in [7, 11) is 0. The summed E-state index contributed by atoms with van der Waals surface area (Å²) in [5.74, 6) is 0. The van der Waals surface area contributed by atoms with Crippen LogP contribution in [0.2, 0.25) is 5.02 Å². The first-order chi connectivity index (χ1) is 9.54. The summed E-state index contributed by atoms with van der Waals surface area (Å²) in [4.78, 5) is 16.7. The zero-order chi connectivity index (χ0) is 14.3. The van der Waals surface area contributed by atoms with Gasteiger partial charge in [0.1, 0.15) is 0 Å². The lowest BCUT2D eigenvalue weighted by atomic mass is 9.98. The lowest BCUT2D eigenvalue weighted by Gasteiger charge is -2.15. The van der Waals surface area contributed by atoms with Gasteiger partial charge in [0.2, 0.25) is 0 Å². The Hall–Kier alpha value is -2.04. The molecule has 3 aromatic rings. The second-order valence-electron chi connectivity index (χ2n) is 4.89. The molecule has 1 atom stereocenters. The zero-order valence-electron chi connectivity index (χ0n) is 10.9. The minimum absolute atomic E-state index is 0.252. The van der Waals surface area contributed by atoms with Crippen molar-refractivity contribution in [3.63, 3.8) is 0 Å². The molecule has 3 rings (SSSR count). The van der Waals surface area contributed by atoms with E-state index in [9.17, 15) is 4.79 Å². The van der Waals surface area contributed by atoms with Crippen LogP contribution in [-0.4, -0.2) is 9.97 Å². The van der Waals surface area contributed by atoms with Gasteiger partial charge < -0.3 is 15.7 Å². The molecule has 1 heterocycles. The molecule has 0 bridgehead atoms. The zero-order valence-corrected chi connectivity index (χ0v) is 11.7. The fourth-order valence-electron chi connectivity index (χ4n) is 2.35. The van der Waals surface area contributed by atoms with Gasteiger partial charge in [-0.05, 0) is 30.2 Å². The number of benzene rings is 2. The Morgan fingerprint density at radius 2 is 1.85 bits per heavy atom. The van der Waals surface area contributed by atoms with Crippen LogP contribution in [0.15, 0.2) is 41.2 Å². The van der Waals surface area contributed by atoms with Crippen LogP contribution in [0, 0.1) is 6.92 Å². The average molecular weight is 288 g/mol. The smallest absolute Gasteiger partial charge is 0.320 e. The van der Waals surface area contributed by atoms with Crippen LogP contribution in [0.4, 0.5) is 0 Å². The summed E-state index contributed by atoms with van der Waals surface area (Å²) >= 11 is 6.28. The van der Waals surface area contributed by atoms with Crippen LogP contribution in [-0.2, 0) is 0 Å². The van der Waals surface area contributed by atoms with Crippen molar-refractivity contribution in [2.24, 2.45) is 5.73 Å². The number of aromatic amines is 2. The molecule has 4 nitrogen and oxygen atoms in total. The predicted molar refractivity (Wildman–Crippen MR) is 81.1 cm³/mol. The first-order valence-corrected chi connectivity index (χ1v) is 6.66. The van der Waals surface area contributed by atoms with Crippen LogP contribution in [0.5, 0.6) is 0 Å². The van der Waals surface area contributed by atoms with Crippen molar-refractivity contribution in [3.8, 4) is 0 Å². The number of hydrogen-bond acceptors (Lipinski definition) is 2. The molecule has 102 valence electrons. The van der Waals surface area contributed by atoms with Gasteiger partial charge in [-0.2, -0.15) is 0 Å². The summed E-state index contributed by atoms with van der Waals surface area (Å²) in [6.07, 6.45) is 0. The minimum atomic E-state index is -0.329. The van der Waals surface area contributed by atoms with E-state index in [0.29, 0.717) is 16.1 Å². The highest BCUT2D eigenvalue weighted by Gasteiger charge is 2.14. The molecule has 0 amide bonds. The third-order valence-electron chi connectivity index (χ3n) is 3.37. The van der Waals surface area contributed by atoms with Gasteiger partial charge in [0, 0.05) is 5.02 Å². The quantitative estimate of drug-likeness (QED) is 0.678. The van der Waals surface area contributed by atoms with E-state index in [-0.39, 0.29) is 11.7 Å². The van der Waals surface area contributed by atoms with Gasteiger partial charge in [0.15, 0.2) is 0 Å². The number of aryl methyl sites for hydroxylation is 1. The van der Waals surface area contributed by atoms with E-state index in [4.69, 9.17) is 17.3 Å². The van der Waals surface area contributed by atoms with E-state index in [1.54, 1.807) is 6.07 Å². The number of nitrogens with two attached hydrogens (primary N) is 1. The molecule has 20 heavy (non-hydrogen) atoms. The van der Waals surface area contributed by atoms with Gasteiger partial charge in [-0.1, -0.05) is 41.4 Å². The number of rotatable bonds is 2. The minimum Gasteiger partial charge on any atom is -0.320 e. The molecule has 0 aliphatic carbocycles. The van der Waals surface area contributed by atoms with Gasteiger partial charge in [0.25, 0.3) is 0 Å². The van der Waals surface area contributed by atoms with E-state index in [1.807, 2.05) is 37.3 Å². The number of imidazole rings is 1. The third kappa shape index (κ3) is 2.24. The van der Waals surface area contributed by atoms with Crippen molar-refractivity contribution < 1.29 is 0 Å². The van der Waals surface area contributed by atoms with Crippen molar-refractivity contribution in [1.82, 2.24) is 9.97 Å². The fourth-order valence-corrected chi connectivity index (χ4v) is 2.64. The maximum absolute atomic E-state index is 11.3. The lowest BCUT2D eigenvalue weighted by Crippen LogP contribution is -2.12. The Balaban J connectivity index is 2.13. The molecule has 1 aromatic heterocycles. The molecular formula is C15H14ClN3O. The van der Waals surface area contributed by atoms with E-state index >= 15 is 0 Å². The Kier molecular flexibility index (Phi) is 3.12. The second kappa shape index (κ2) is 4.81. The van der Waals surface area contributed by atoms with Crippen LogP contribution in [0.1, 0.15) is 22.7 Å². The van der Waals surface area contributed by atoms with Crippen LogP contribution >= 0.6 is 11.6 Å². The standard InChI is InChI=1S/C15H14ClN3O/c1-8-3-2-4-9(5-8)14(17)10-6-12-13(7-11(10)16)19-15(20)18-12/h2-7,14H,17H2,1H3,(H2,18,19,20). The number of H-pyrrole nitrogens is 2. The largest absolute Gasteiger partial charge is 0.323 e. The summed E-state index contributed by atoms with van der Waals surface area (Å²) in [6, 6.07) is 11.2. The molecule has 0 aliphatic rings. The maximum Gasteiger partial charge on any atom is 0.323 e. The maximum atomic E-state index is 11.3. The SMILES string of the molecule is Cc1cccc(C(N)c2cc3[nH]c(=O)[nH]c3cc2Cl)c1. The molecular weight excluding hydrogens is 274 g/mol. The molecule has 0 fully saturated rings. The van der Waals surface area contributed by atoms with E-state index < -0.39 is 0 Å². The lowest BCUT2D eigenvalue weighted by molar-refractivity contribution is 0.871. The number of halogens is 1. The second-order valence-corrected chi connectivity index (χ2v) is 5.30. The van der Waals surface area contributed by atoms with Gasteiger partial charge in [-0.3, -0.25) is 0 Å². The van der Waals surface area contributed by atoms with Crippen LogP contribution in [0.3, 0.4) is 0 Å². The number of nitrogens with one attached hydrogen (secondary N) is 2. The Labute approximate surface area is 120 Å². The normalized spacial score (nSPS) is 12.8. The van der Waals surface area contributed by atoms with E-state index in [2.05, 4.69) is 9.97 Å². The Bertz CT molecular complexity index is 834. The summed E-state index contributed by atoms with van der Waals surface area (Å²) in [6.45, 7) is 2.02. The Morgan fingerprint density at radius 3 is 2.55 bits per heavy atom. The molecule has 4 N–H and O–H groups in total. The molecule has 0 saturated carbocycles. The van der Waals surface area contributed by atoms with Crippen LogP contribution in [0.25, 0.3) is 11.0 Å². The fraction of sp³-hybridized carbons (Fsp3) is 0.133.